The lowest BCUT2D eigenvalue weighted by atomic mass is 10.3. The first-order valence-electron chi connectivity index (χ1n) is 4.34. The van der Waals surface area contributed by atoms with Crippen molar-refractivity contribution in [2.24, 2.45) is 0 Å². The third-order valence-electron chi connectivity index (χ3n) is 2.13. The van der Waals surface area contributed by atoms with Gasteiger partial charge in [-0.25, -0.2) is 5.01 Å². The molecule has 0 aliphatic rings. The molecule has 0 atom stereocenters. The summed E-state index contributed by atoms with van der Waals surface area (Å²) in [5, 5.41) is 7.21. The highest BCUT2D eigenvalue weighted by atomic mass is 15.6. The van der Waals surface area contributed by atoms with Crippen molar-refractivity contribution < 1.29 is 0 Å². The Morgan fingerprint density at radius 1 is 1.00 bits per heavy atom. The van der Waals surface area contributed by atoms with E-state index in [0.29, 0.717) is 0 Å². The third-order valence-corrected chi connectivity index (χ3v) is 2.13. The van der Waals surface area contributed by atoms with Crippen LogP contribution in [0.5, 0.6) is 0 Å². The van der Waals surface area contributed by atoms with Crippen LogP contribution in [-0.4, -0.2) is 33.2 Å². The van der Waals surface area contributed by atoms with E-state index in [1.165, 1.54) is 5.69 Å². The van der Waals surface area contributed by atoms with E-state index in [1.54, 1.807) is 0 Å². The van der Waals surface area contributed by atoms with E-state index in [0.717, 1.165) is 5.69 Å². The van der Waals surface area contributed by atoms with Gasteiger partial charge in [0.15, 0.2) is 0 Å². The largest absolute Gasteiger partial charge is 0.388 e. The lowest BCUT2D eigenvalue weighted by molar-refractivity contribution is 0.397. The summed E-state index contributed by atoms with van der Waals surface area (Å²) < 4.78 is 0. The van der Waals surface area contributed by atoms with Crippen molar-refractivity contribution in [2.75, 3.05) is 38.5 Å². The summed E-state index contributed by atoms with van der Waals surface area (Å²) in [5.74, 6) is 0. The van der Waals surface area contributed by atoms with Crippen molar-refractivity contribution in [3.8, 4) is 0 Å². The maximum atomic E-state index is 3.09. The van der Waals surface area contributed by atoms with Gasteiger partial charge < -0.3 is 10.3 Å². The molecule has 0 aliphatic carbocycles. The fraction of sp³-hybridized carbons (Fsp3) is 0.400. The summed E-state index contributed by atoms with van der Waals surface area (Å²) in [7, 11) is 8.00. The highest BCUT2D eigenvalue weighted by Gasteiger charge is 2.01. The molecular weight excluding hydrogens is 162 g/mol. The predicted molar refractivity (Wildman–Crippen MR) is 58.1 cm³/mol. The van der Waals surface area contributed by atoms with Gasteiger partial charge in [-0.05, 0) is 24.3 Å². The van der Waals surface area contributed by atoms with Crippen LogP contribution in [0.15, 0.2) is 24.3 Å². The van der Waals surface area contributed by atoms with Crippen molar-refractivity contribution >= 4 is 11.4 Å². The van der Waals surface area contributed by atoms with E-state index in [2.05, 4.69) is 34.6 Å². The number of hydrogen-bond acceptors (Lipinski definition) is 3. The highest BCUT2D eigenvalue weighted by molar-refractivity contribution is 5.53. The number of hydrogen-bond donors (Lipinski definition) is 1. The number of hydrazine groups is 1. The van der Waals surface area contributed by atoms with Crippen molar-refractivity contribution in [1.29, 1.82) is 0 Å². The molecule has 0 unspecified atom stereocenters. The minimum Gasteiger partial charge on any atom is -0.388 e. The van der Waals surface area contributed by atoms with Crippen molar-refractivity contribution in [3.63, 3.8) is 0 Å². The Labute approximate surface area is 79.9 Å². The van der Waals surface area contributed by atoms with Gasteiger partial charge in [-0.15, -0.1) is 0 Å². The molecule has 0 amide bonds. The summed E-state index contributed by atoms with van der Waals surface area (Å²) in [6.45, 7) is 0. The fourth-order valence-corrected chi connectivity index (χ4v) is 1.07. The first-order valence-corrected chi connectivity index (χ1v) is 4.34. The van der Waals surface area contributed by atoms with Crippen LogP contribution in [0, 0.1) is 0 Å². The minimum atomic E-state index is 1.14. The van der Waals surface area contributed by atoms with Crippen LogP contribution < -0.4 is 10.3 Å². The van der Waals surface area contributed by atoms with E-state index in [4.69, 9.17) is 0 Å². The number of nitrogens with zero attached hydrogens (tertiary/aromatic N) is 2. The smallest absolute Gasteiger partial charge is 0.0520 e. The molecule has 3 heteroatoms. The lowest BCUT2D eigenvalue weighted by Crippen LogP contribution is -2.32. The molecule has 0 heterocycles. The second kappa shape index (κ2) is 4.14. The molecule has 0 bridgehead atoms. The van der Waals surface area contributed by atoms with Gasteiger partial charge in [0, 0.05) is 33.9 Å². The minimum absolute atomic E-state index is 1.14. The van der Waals surface area contributed by atoms with Gasteiger partial charge >= 0.3 is 0 Å². The highest BCUT2D eigenvalue weighted by Crippen LogP contribution is 2.16. The van der Waals surface area contributed by atoms with Crippen molar-refractivity contribution in [2.45, 2.75) is 0 Å². The fourth-order valence-electron chi connectivity index (χ4n) is 1.07. The van der Waals surface area contributed by atoms with Gasteiger partial charge in [0.25, 0.3) is 0 Å². The molecule has 1 rings (SSSR count). The van der Waals surface area contributed by atoms with Crippen LogP contribution in [0.2, 0.25) is 0 Å². The predicted octanol–water partition coefficient (Wildman–Crippen LogP) is 1.64. The Morgan fingerprint density at radius 2 is 1.54 bits per heavy atom. The standard InChI is InChI=1S/C10H17N3/c1-11-9-5-7-10(8-6-9)13(4)12(2)3/h5-8,11H,1-4H3. The van der Waals surface area contributed by atoms with E-state index in [9.17, 15) is 0 Å². The first kappa shape index (κ1) is 9.86. The molecule has 0 saturated carbocycles. The molecule has 0 saturated heterocycles. The number of nitrogens with one attached hydrogen (secondary N) is 1. The Bertz CT molecular complexity index is 253. The molecule has 72 valence electrons. The Morgan fingerprint density at radius 3 is 1.92 bits per heavy atom. The quantitative estimate of drug-likeness (QED) is 0.712. The van der Waals surface area contributed by atoms with E-state index in [-0.39, 0.29) is 0 Å². The van der Waals surface area contributed by atoms with E-state index < -0.39 is 0 Å². The van der Waals surface area contributed by atoms with Crippen LogP contribution in [0.3, 0.4) is 0 Å². The van der Waals surface area contributed by atoms with E-state index in [1.807, 2.05) is 33.2 Å². The number of rotatable bonds is 3. The average molecular weight is 179 g/mol. The molecular formula is C10H17N3. The molecule has 0 fully saturated rings. The summed E-state index contributed by atoms with van der Waals surface area (Å²) in [4.78, 5) is 0. The Hall–Kier alpha value is -1.22. The first-order chi connectivity index (χ1) is 6.15. The third kappa shape index (κ3) is 2.36. The molecule has 1 aromatic carbocycles. The molecule has 1 aromatic rings. The molecule has 0 aliphatic heterocycles. The molecule has 1 N–H and O–H groups in total. The summed E-state index contributed by atoms with van der Waals surface area (Å²) >= 11 is 0. The normalized spacial score (nSPS) is 10.2. The van der Waals surface area contributed by atoms with Crippen molar-refractivity contribution in [1.82, 2.24) is 5.01 Å². The zero-order valence-corrected chi connectivity index (χ0v) is 8.70. The van der Waals surface area contributed by atoms with Crippen LogP contribution in [-0.2, 0) is 0 Å². The SMILES string of the molecule is CNc1ccc(N(C)N(C)C)cc1. The number of benzene rings is 1. The van der Waals surface area contributed by atoms with Gasteiger partial charge in [-0.1, -0.05) is 0 Å². The Balaban J connectivity index is 2.79. The van der Waals surface area contributed by atoms with Gasteiger partial charge in [0.05, 0.1) is 5.69 Å². The monoisotopic (exact) mass is 179 g/mol. The van der Waals surface area contributed by atoms with Gasteiger partial charge in [-0.2, -0.15) is 0 Å². The van der Waals surface area contributed by atoms with Crippen LogP contribution in [0.1, 0.15) is 0 Å². The number of anilines is 2. The van der Waals surface area contributed by atoms with Gasteiger partial charge in [-0.3, -0.25) is 0 Å². The molecule has 0 aromatic heterocycles. The van der Waals surface area contributed by atoms with Crippen LogP contribution >= 0.6 is 0 Å². The van der Waals surface area contributed by atoms with Gasteiger partial charge in [0.2, 0.25) is 0 Å². The molecule has 13 heavy (non-hydrogen) atoms. The molecule has 3 nitrogen and oxygen atoms in total. The Kier molecular flexibility index (Phi) is 3.14. The summed E-state index contributed by atoms with van der Waals surface area (Å²) in [5.41, 5.74) is 2.32. The van der Waals surface area contributed by atoms with Crippen LogP contribution in [0.25, 0.3) is 0 Å². The maximum absolute atomic E-state index is 3.09. The van der Waals surface area contributed by atoms with Crippen LogP contribution in [0.4, 0.5) is 11.4 Å². The lowest BCUT2D eigenvalue weighted by Gasteiger charge is -2.26. The van der Waals surface area contributed by atoms with Crippen molar-refractivity contribution in [3.05, 3.63) is 24.3 Å². The summed E-state index contributed by atoms with van der Waals surface area (Å²) in [6.07, 6.45) is 0. The molecule has 0 radical (unpaired) electrons. The zero-order chi connectivity index (χ0) is 9.84. The van der Waals surface area contributed by atoms with E-state index >= 15 is 0 Å². The molecule has 0 spiro atoms. The average Bonchev–Trinajstić information content (AvgIpc) is 2.17. The summed E-state index contributed by atoms with van der Waals surface area (Å²) in [6, 6.07) is 8.31. The second-order valence-electron chi connectivity index (χ2n) is 3.17. The zero-order valence-electron chi connectivity index (χ0n) is 8.70. The maximum Gasteiger partial charge on any atom is 0.0520 e. The topological polar surface area (TPSA) is 18.5 Å². The van der Waals surface area contributed by atoms with Gasteiger partial charge in [0.1, 0.15) is 0 Å². The second-order valence-corrected chi connectivity index (χ2v) is 3.17.